The third-order valence-electron chi connectivity index (χ3n) is 0.219. The first-order chi connectivity index (χ1) is 2.21. The smallest absolute Gasteiger partial charge is 0.815 e. The Morgan fingerprint density at radius 2 is 1.33 bits per heavy atom. The number of hydrogen-bond donors (Lipinski definition) is 0. The summed E-state index contributed by atoms with van der Waals surface area (Å²) >= 11 is 0. The molecule has 1 rings (SSSR count). The minimum atomic E-state index is -2.75. The normalized spacial score (nSPS) is 25.0. The molecule has 6 heavy (non-hydrogen) atoms. The standard InChI is InChI=1S/CO4.Ba/c2-1(3)4-5-1;/q-2;+2. The van der Waals surface area contributed by atoms with Gasteiger partial charge in [0.25, 0.3) is 0 Å². The van der Waals surface area contributed by atoms with Crippen molar-refractivity contribution in [1.29, 1.82) is 0 Å². The molecule has 0 bridgehead atoms. The summed E-state index contributed by atoms with van der Waals surface area (Å²) in [6.45, 7) is 0. The maximum atomic E-state index is 9.22. The van der Waals surface area contributed by atoms with E-state index in [9.17, 15) is 10.2 Å². The molecule has 1 fully saturated rings. The van der Waals surface area contributed by atoms with E-state index in [1.807, 2.05) is 0 Å². The molecule has 0 aromatic rings. The molecule has 4 nitrogen and oxygen atoms in total. The predicted molar refractivity (Wildman–Crippen MR) is 10.7 cm³/mol. The summed E-state index contributed by atoms with van der Waals surface area (Å²) in [5, 5.41) is 18.4. The fourth-order valence-corrected chi connectivity index (χ4v) is 0.0340. The first-order valence-electron chi connectivity index (χ1n) is 0.983. The second kappa shape index (κ2) is 2.12. The van der Waals surface area contributed by atoms with Crippen LogP contribution in [0.1, 0.15) is 0 Å². The van der Waals surface area contributed by atoms with Gasteiger partial charge in [-0.1, -0.05) is 0 Å². The SMILES string of the molecule is [Ba+2].[O-]C1([O-])OO1. The maximum absolute atomic E-state index is 9.22. The van der Waals surface area contributed by atoms with Gasteiger partial charge in [-0.25, -0.2) is 9.78 Å². The molecular formula is CBaO4. The topological polar surface area (TPSA) is 71.2 Å². The van der Waals surface area contributed by atoms with Gasteiger partial charge in [-0.15, -0.1) is 0 Å². The van der Waals surface area contributed by atoms with Crippen molar-refractivity contribution in [2.24, 2.45) is 0 Å². The molecule has 1 heterocycles. The van der Waals surface area contributed by atoms with E-state index in [4.69, 9.17) is 0 Å². The summed E-state index contributed by atoms with van der Waals surface area (Å²) in [7, 11) is 0. The van der Waals surface area contributed by atoms with Crippen LogP contribution < -0.4 is 10.2 Å². The Labute approximate surface area is 74.1 Å². The van der Waals surface area contributed by atoms with E-state index in [-0.39, 0.29) is 48.9 Å². The van der Waals surface area contributed by atoms with Crippen molar-refractivity contribution in [2.45, 2.75) is 6.16 Å². The van der Waals surface area contributed by atoms with Gasteiger partial charge in [0.2, 0.25) is 0 Å². The van der Waals surface area contributed by atoms with Crippen LogP contribution in [-0.4, -0.2) is 55.0 Å². The van der Waals surface area contributed by atoms with E-state index in [0.717, 1.165) is 0 Å². The van der Waals surface area contributed by atoms with Crippen molar-refractivity contribution >= 4 is 48.9 Å². The molecule has 5 heteroatoms. The second-order valence-corrected chi connectivity index (χ2v) is 0.667. The van der Waals surface area contributed by atoms with Crippen LogP contribution in [0.4, 0.5) is 0 Å². The van der Waals surface area contributed by atoms with Crippen LogP contribution >= 0.6 is 0 Å². The van der Waals surface area contributed by atoms with Crippen molar-refractivity contribution < 1.29 is 20.0 Å². The van der Waals surface area contributed by atoms with Crippen LogP contribution in [0.3, 0.4) is 0 Å². The third kappa shape index (κ3) is 2.56. The molecule has 0 aliphatic carbocycles. The Balaban J connectivity index is 0.000000250. The Morgan fingerprint density at radius 1 is 1.17 bits per heavy atom. The second-order valence-electron chi connectivity index (χ2n) is 0.667. The largest absolute Gasteiger partial charge is 2.00 e. The van der Waals surface area contributed by atoms with Gasteiger partial charge in [0, 0.05) is 0 Å². The molecule has 0 unspecified atom stereocenters. The van der Waals surface area contributed by atoms with Gasteiger partial charge in [0.05, 0.1) is 6.16 Å². The molecule has 0 saturated carbocycles. The van der Waals surface area contributed by atoms with E-state index in [2.05, 4.69) is 9.78 Å². The Kier molecular flexibility index (Phi) is 2.62. The van der Waals surface area contributed by atoms with E-state index in [1.165, 1.54) is 0 Å². The summed E-state index contributed by atoms with van der Waals surface area (Å²) < 4.78 is 0. The van der Waals surface area contributed by atoms with Gasteiger partial charge in [0.1, 0.15) is 0 Å². The van der Waals surface area contributed by atoms with Gasteiger partial charge in [-0.2, -0.15) is 0 Å². The fraction of sp³-hybridized carbons (Fsp3) is 1.00. The molecule has 30 valence electrons. The summed E-state index contributed by atoms with van der Waals surface area (Å²) in [6, 6.07) is 0. The van der Waals surface area contributed by atoms with Gasteiger partial charge >= 0.3 is 48.9 Å². The molecule has 1 aliphatic rings. The monoisotopic (exact) mass is 214 g/mol. The van der Waals surface area contributed by atoms with Crippen molar-refractivity contribution in [1.82, 2.24) is 0 Å². The molecule has 0 aromatic heterocycles. The first-order valence-corrected chi connectivity index (χ1v) is 0.983. The molecule has 1 saturated heterocycles. The van der Waals surface area contributed by atoms with E-state index in [0.29, 0.717) is 0 Å². The average molecular weight is 213 g/mol. The Bertz CT molecular complexity index is 45.5. The zero-order chi connectivity index (χ0) is 3.91. The zero-order valence-electron chi connectivity index (χ0n) is 2.84. The predicted octanol–water partition coefficient (Wildman–Crippen LogP) is -3.10. The molecule has 0 radical (unpaired) electrons. The van der Waals surface area contributed by atoms with E-state index in [1.54, 1.807) is 0 Å². The Morgan fingerprint density at radius 3 is 1.33 bits per heavy atom. The van der Waals surface area contributed by atoms with Gasteiger partial charge in [-0.3, -0.25) is 0 Å². The molecular weight excluding hydrogens is 213 g/mol. The van der Waals surface area contributed by atoms with Crippen LogP contribution in [0.25, 0.3) is 0 Å². The molecule has 0 atom stereocenters. The van der Waals surface area contributed by atoms with Gasteiger partial charge in [-0.05, 0) is 0 Å². The molecule has 0 spiro atoms. The number of hydrogen-bond acceptors (Lipinski definition) is 4. The van der Waals surface area contributed by atoms with Crippen molar-refractivity contribution in [2.75, 3.05) is 0 Å². The van der Waals surface area contributed by atoms with Gasteiger partial charge < -0.3 is 10.2 Å². The first kappa shape index (κ1) is 7.41. The van der Waals surface area contributed by atoms with Gasteiger partial charge in [0.15, 0.2) is 0 Å². The van der Waals surface area contributed by atoms with Crippen LogP contribution in [-0.2, 0) is 9.78 Å². The minimum Gasteiger partial charge on any atom is -0.815 e. The minimum absolute atomic E-state index is 0. The van der Waals surface area contributed by atoms with Crippen LogP contribution in [0, 0.1) is 0 Å². The van der Waals surface area contributed by atoms with E-state index >= 15 is 0 Å². The van der Waals surface area contributed by atoms with Crippen LogP contribution in [0.5, 0.6) is 0 Å². The van der Waals surface area contributed by atoms with Crippen molar-refractivity contribution in [3.8, 4) is 0 Å². The quantitative estimate of drug-likeness (QED) is 0.185. The summed E-state index contributed by atoms with van der Waals surface area (Å²) in [6.07, 6.45) is -2.75. The summed E-state index contributed by atoms with van der Waals surface area (Å²) in [5.41, 5.74) is 0. The molecule has 0 aromatic carbocycles. The van der Waals surface area contributed by atoms with E-state index < -0.39 is 6.16 Å². The molecule has 0 amide bonds. The van der Waals surface area contributed by atoms with Crippen LogP contribution in [0.15, 0.2) is 0 Å². The fourth-order valence-electron chi connectivity index (χ4n) is 0.0340. The Hall–Kier alpha value is 1.41. The summed E-state index contributed by atoms with van der Waals surface area (Å²) in [5.74, 6) is 0. The average Bonchev–Trinajstić information content (AvgIpc) is 1.76. The van der Waals surface area contributed by atoms with Crippen molar-refractivity contribution in [3.63, 3.8) is 0 Å². The van der Waals surface area contributed by atoms with Crippen LogP contribution in [0.2, 0.25) is 0 Å². The van der Waals surface area contributed by atoms with Crippen molar-refractivity contribution in [3.05, 3.63) is 0 Å². The summed E-state index contributed by atoms with van der Waals surface area (Å²) in [4.78, 5) is 6.57. The maximum Gasteiger partial charge on any atom is 2.00 e. The third-order valence-corrected chi connectivity index (χ3v) is 0.219. The zero-order valence-corrected chi connectivity index (χ0v) is 7.28. The molecule has 1 aliphatic heterocycles. The molecule has 0 N–H and O–H groups in total. The number of rotatable bonds is 0.